The average Bonchev–Trinajstić information content (AvgIpc) is 2.34. The molecule has 1 rings (SSSR count). The van der Waals surface area contributed by atoms with E-state index in [2.05, 4.69) is 5.32 Å². The van der Waals surface area contributed by atoms with Gasteiger partial charge in [0.15, 0.2) is 0 Å². The maximum Gasteiger partial charge on any atom is 0.408 e. The first-order valence-corrected chi connectivity index (χ1v) is 6.60. The van der Waals surface area contributed by atoms with Crippen LogP contribution in [-0.4, -0.2) is 37.5 Å². The summed E-state index contributed by atoms with van der Waals surface area (Å²) in [5.74, 6) is 0. The zero-order chi connectivity index (χ0) is 15.3. The van der Waals surface area contributed by atoms with Gasteiger partial charge < -0.3 is 20.1 Å². The molecule has 112 valence electrons. The molecular formula is C15H24N2O3. The predicted octanol–water partition coefficient (Wildman–Crippen LogP) is 2.31. The van der Waals surface area contributed by atoms with Crippen molar-refractivity contribution >= 4 is 11.8 Å². The highest BCUT2D eigenvalue weighted by atomic mass is 16.6. The first-order valence-electron chi connectivity index (χ1n) is 6.60. The Morgan fingerprint density at radius 2 is 2.05 bits per heavy atom. The number of hydrogen-bond acceptors (Lipinski definition) is 4. The van der Waals surface area contributed by atoms with Crippen molar-refractivity contribution in [1.82, 2.24) is 5.32 Å². The number of aliphatic hydroxyl groups excluding tert-OH is 1. The molecule has 0 fully saturated rings. The third-order valence-electron chi connectivity index (χ3n) is 2.66. The molecule has 1 aromatic rings. The Balaban J connectivity index is 2.81. The van der Waals surface area contributed by atoms with Crippen molar-refractivity contribution in [1.29, 1.82) is 0 Å². The number of alkyl carbamates (subject to hydrolysis) is 1. The highest BCUT2D eigenvalue weighted by molar-refractivity contribution is 5.68. The molecule has 0 aliphatic carbocycles. The summed E-state index contributed by atoms with van der Waals surface area (Å²) >= 11 is 0. The molecule has 0 bridgehead atoms. The summed E-state index contributed by atoms with van der Waals surface area (Å²) in [6.07, 6.45) is -0.535. The van der Waals surface area contributed by atoms with Gasteiger partial charge in [-0.25, -0.2) is 4.79 Å². The van der Waals surface area contributed by atoms with Crippen molar-refractivity contribution in [3.8, 4) is 0 Å². The van der Waals surface area contributed by atoms with Crippen LogP contribution in [0.3, 0.4) is 0 Å². The lowest BCUT2D eigenvalue weighted by molar-refractivity contribution is 0.0482. The van der Waals surface area contributed by atoms with Gasteiger partial charge in [0.1, 0.15) is 5.60 Å². The molecule has 1 amide bonds. The Labute approximate surface area is 120 Å². The van der Waals surface area contributed by atoms with Gasteiger partial charge in [0.05, 0.1) is 12.6 Å². The average molecular weight is 280 g/mol. The molecule has 2 N–H and O–H groups in total. The minimum Gasteiger partial charge on any atom is -0.444 e. The summed E-state index contributed by atoms with van der Waals surface area (Å²) in [7, 11) is 3.88. The first kappa shape index (κ1) is 16.3. The van der Waals surface area contributed by atoms with Gasteiger partial charge in [-0.15, -0.1) is 0 Å². The summed E-state index contributed by atoms with van der Waals surface area (Å²) in [4.78, 5) is 13.7. The van der Waals surface area contributed by atoms with E-state index in [1.165, 1.54) is 0 Å². The molecule has 5 heteroatoms. The lowest BCUT2D eigenvalue weighted by atomic mass is 10.1. The quantitative estimate of drug-likeness (QED) is 0.888. The third kappa shape index (κ3) is 5.09. The van der Waals surface area contributed by atoms with E-state index < -0.39 is 17.7 Å². The summed E-state index contributed by atoms with van der Waals surface area (Å²) in [6.45, 7) is 5.21. The van der Waals surface area contributed by atoms with Crippen LogP contribution >= 0.6 is 0 Å². The van der Waals surface area contributed by atoms with Gasteiger partial charge in [0, 0.05) is 19.8 Å². The topological polar surface area (TPSA) is 61.8 Å². The van der Waals surface area contributed by atoms with Crippen molar-refractivity contribution in [3.05, 3.63) is 29.8 Å². The zero-order valence-electron chi connectivity index (χ0n) is 12.8. The normalized spacial score (nSPS) is 12.7. The zero-order valence-corrected chi connectivity index (χ0v) is 12.8. The fraction of sp³-hybridized carbons (Fsp3) is 0.533. The molecule has 0 aliphatic heterocycles. The number of carbonyl (C=O) groups excluding carboxylic acids is 1. The van der Waals surface area contributed by atoms with E-state index in [-0.39, 0.29) is 6.61 Å². The summed E-state index contributed by atoms with van der Waals surface area (Å²) in [6, 6.07) is 7.17. The van der Waals surface area contributed by atoms with Crippen molar-refractivity contribution < 1.29 is 14.6 Å². The number of ether oxygens (including phenoxy) is 1. The number of rotatable bonds is 4. The van der Waals surface area contributed by atoms with E-state index in [4.69, 9.17) is 4.74 Å². The first-order chi connectivity index (χ1) is 9.23. The number of hydrogen-bond donors (Lipinski definition) is 2. The van der Waals surface area contributed by atoms with Crippen molar-refractivity contribution in [2.24, 2.45) is 0 Å². The van der Waals surface area contributed by atoms with Crippen LogP contribution < -0.4 is 10.2 Å². The molecule has 0 saturated carbocycles. The maximum atomic E-state index is 11.8. The summed E-state index contributed by atoms with van der Waals surface area (Å²) < 4.78 is 5.20. The van der Waals surface area contributed by atoms with E-state index in [1.54, 1.807) is 20.8 Å². The maximum absolute atomic E-state index is 11.8. The van der Waals surface area contributed by atoms with E-state index in [1.807, 2.05) is 43.3 Å². The van der Waals surface area contributed by atoms with Gasteiger partial charge in [-0.2, -0.15) is 0 Å². The molecule has 0 spiro atoms. The highest BCUT2D eigenvalue weighted by Crippen LogP contribution is 2.19. The second-order valence-corrected chi connectivity index (χ2v) is 5.87. The number of nitrogens with one attached hydrogen (secondary N) is 1. The monoisotopic (exact) mass is 280 g/mol. The van der Waals surface area contributed by atoms with E-state index in [0.717, 1.165) is 11.3 Å². The molecule has 0 radical (unpaired) electrons. The summed E-state index contributed by atoms with van der Waals surface area (Å²) in [5.41, 5.74) is 1.28. The van der Waals surface area contributed by atoms with Crippen LogP contribution in [0.4, 0.5) is 10.5 Å². The van der Waals surface area contributed by atoms with Gasteiger partial charge >= 0.3 is 6.09 Å². The number of nitrogens with zero attached hydrogens (tertiary/aromatic N) is 1. The number of anilines is 1. The molecule has 0 aromatic heterocycles. The van der Waals surface area contributed by atoms with E-state index in [9.17, 15) is 9.90 Å². The minimum atomic E-state index is -0.560. The summed E-state index contributed by atoms with van der Waals surface area (Å²) in [5, 5.41) is 12.1. The van der Waals surface area contributed by atoms with Crippen LogP contribution in [0.25, 0.3) is 0 Å². The van der Waals surface area contributed by atoms with E-state index >= 15 is 0 Å². The van der Waals surface area contributed by atoms with Crippen molar-refractivity contribution in [2.45, 2.75) is 32.4 Å². The number of aliphatic hydroxyl groups is 1. The molecule has 20 heavy (non-hydrogen) atoms. The van der Waals surface area contributed by atoms with Crippen LogP contribution in [0.2, 0.25) is 0 Å². The van der Waals surface area contributed by atoms with Crippen LogP contribution in [0.15, 0.2) is 24.3 Å². The SMILES string of the molecule is CN(C)c1cccc([C@H](CO)NC(=O)OC(C)(C)C)c1. The molecule has 0 unspecified atom stereocenters. The fourth-order valence-electron chi connectivity index (χ4n) is 1.70. The second kappa shape index (κ2) is 6.61. The number of benzene rings is 1. The molecule has 1 aromatic carbocycles. The minimum absolute atomic E-state index is 0.184. The molecule has 5 nitrogen and oxygen atoms in total. The third-order valence-corrected chi connectivity index (χ3v) is 2.66. The lowest BCUT2D eigenvalue weighted by Crippen LogP contribution is -2.36. The fourth-order valence-corrected chi connectivity index (χ4v) is 1.70. The molecule has 0 aliphatic rings. The van der Waals surface area contributed by atoms with Crippen LogP contribution in [0.1, 0.15) is 32.4 Å². The van der Waals surface area contributed by atoms with Crippen molar-refractivity contribution in [3.63, 3.8) is 0 Å². The number of carbonyl (C=O) groups is 1. The smallest absolute Gasteiger partial charge is 0.408 e. The van der Waals surface area contributed by atoms with Crippen molar-refractivity contribution in [2.75, 3.05) is 25.6 Å². The molecule has 0 heterocycles. The molecule has 0 saturated heterocycles. The van der Waals surface area contributed by atoms with Crippen LogP contribution in [0, 0.1) is 0 Å². The van der Waals surface area contributed by atoms with Gasteiger partial charge in [-0.1, -0.05) is 12.1 Å². The van der Waals surface area contributed by atoms with Gasteiger partial charge in [0.2, 0.25) is 0 Å². The van der Waals surface area contributed by atoms with Gasteiger partial charge in [0.25, 0.3) is 0 Å². The van der Waals surface area contributed by atoms with Gasteiger partial charge in [-0.3, -0.25) is 0 Å². The lowest BCUT2D eigenvalue weighted by Gasteiger charge is -2.23. The second-order valence-electron chi connectivity index (χ2n) is 5.87. The molecule has 1 atom stereocenters. The molecular weight excluding hydrogens is 256 g/mol. The van der Waals surface area contributed by atoms with E-state index in [0.29, 0.717) is 0 Å². The largest absolute Gasteiger partial charge is 0.444 e. The Bertz CT molecular complexity index is 453. The Morgan fingerprint density at radius 1 is 1.40 bits per heavy atom. The Morgan fingerprint density at radius 3 is 2.55 bits per heavy atom. The number of amides is 1. The highest BCUT2D eigenvalue weighted by Gasteiger charge is 2.20. The predicted molar refractivity (Wildman–Crippen MR) is 80.0 cm³/mol. The van der Waals surface area contributed by atoms with Crippen LogP contribution in [0.5, 0.6) is 0 Å². The Kier molecular flexibility index (Phi) is 5.39. The standard InChI is InChI=1S/C15H24N2O3/c1-15(2,3)20-14(19)16-13(10-18)11-7-6-8-12(9-11)17(4)5/h6-9,13,18H,10H2,1-5H3,(H,16,19)/t13-/m0/s1. The van der Waals surface area contributed by atoms with Crippen LogP contribution in [-0.2, 0) is 4.74 Å². The van der Waals surface area contributed by atoms with Gasteiger partial charge in [-0.05, 0) is 38.5 Å². The Hall–Kier alpha value is -1.75.